The van der Waals surface area contributed by atoms with Crippen molar-refractivity contribution in [2.75, 3.05) is 19.7 Å². The van der Waals surface area contributed by atoms with Crippen LogP contribution in [0.2, 0.25) is 0 Å². The summed E-state index contributed by atoms with van der Waals surface area (Å²) >= 11 is 0. The van der Waals surface area contributed by atoms with Crippen LogP contribution < -0.4 is 0 Å². The monoisotopic (exact) mass is 221 g/mol. The lowest BCUT2D eigenvalue weighted by Gasteiger charge is -2.33. The molecule has 0 aliphatic heterocycles. The first-order valence-corrected chi connectivity index (χ1v) is 5.28. The standard InChI is InChI=1S/C10H17F2NO2/c11-10(12)7-13(5-6-14)8-1-3-9(15)4-2-8/h8,10,14H,1-7H2. The van der Waals surface area contributed by atoms with Gasteiger partial charge in [0.2, 0.25) is 0 Å². The number of Topliss-reactive ketones (excluding diaryl/α,β-unsaturated/α-hetero) is 1. The zero-order valence-electron chi connectivity index (χ0n) is 8.66. The van der Waals surface area contributed by atoms with Gasteiger partial charge in [-0.1, -0.05) is 0 Å². The van der Waals surface area contributed by atoms with Crippen LogP contribution in [0.4, 0.5) is 8.78 Å². The predicted molar refractivity (Wildman–Crippen MR) is 51.9 cm³/mol. The van der Waals surface area contributed by atoms with Crippen LogP contribution in [0.15, 0.2) is 0 Å². The Morgan fingerprint density at radius 2 is 2.00 bits per heavy atom. The second-order valence-corrected chi connectivity index (χ2v) is 3.88. The van der Waals surface area contributed by atoms with Gasteiger partial charge in [-0.15, -0.1) is 0 Å². The topological polar surface area (TPSA) is 40.5 Å². The molecule has 3 nitrogen and oxygen atoms in total. The third-order valence-electron chi connectivity index (χ3n) is 2.79. The van der Waals surface area contributed by atoms with Gasteiger partial charge in [-0.05, 0) is 12.8 Å². The summed E-state index contributed by atoms with van der Waals surface area (Å²) in [5.41, 5.74) is 0. The van der Waals surface area contributed by atoms with Gasteiger partial charge in [-0.25, -0.2) is 8.78 Å². The third-order valence-corrected chi connectivity index (χ3v) is 2.79. The van der Waals surface area contributed by atoms with E-state index in [0.717, 1.165) is 0 Å². The molecule has 1 fully saturated rings. The highest BCUT2D eigenvalue weighted by molar-refractivity contribution is 5.79. The summed E-state index contributed by atoms with van der Waals surface area (Å²) in [6.07, 6.45) is -0.128. The molecule has 0 unspecified atom stereocenters. The summed E-state index contributed by atoms with van der Waals surface area (Å²) in [4.78, 5) is 12.6. The number of nitrogens with zero attached hydrogens (tertiary/aromatic N) is 1. The molecule has 0 saturated heterocycles. The van der Waals surface area contributed by atoms with E-state index in [4.69, 9.17) is 5.11 Å². The number of halogens is 2. The van der Waals surface area contributed by atoms with Crippen molar-refractivity contribution in [3.8, 4) is 0 Å². The lowest BCUT2D eigenvalue weighted by molar-refractivity contribution is -0.121. The van der Waals surface area contributed by atoms with E-state index in [1.54, 1.807) is 4.90 Å². The molecule has 0 spiro atoms. The van der Waals surface area contributed by atoms with Crippen LogP contribution >= 0.6 is 0 Å². The van der Waals surface area contributed by atoms with Gasteiger partial charge in [0, 0.05) is 25.4 Å². The minimum Gasteiger partial charge on any atom is -0.395 e. The number of hydrogen-bond acceptors (Lipinski definition) is 3. The van der Waals surface area contributed by atoms with Gasteiger partial charge < -0.3 is 5.11 Å². The van der Waals surface area contributed by atoms with Gasteiger partial charge in [-0.2, -0.15) is 0 Å². The second-order valence-electron chi connectivity index (χ2n) is 3.88. The number of rotatable bonds is 5. The van der Waals surface area contributed by atoms with Crippen molar-refractivity contribution in [3.63, 3.8) is 0 Å². The lowest BCUT2D eigenvalue weighted by Crippen LogP contribution is -2.42. The average molecular weight is 221 g/mol. The van der Waals surface area contributed by atoms with E-state index in [2.05, 4.69) is 0 Å². The van der Waals surface area contributed by atoms with Crippen LogP contribution in [0.1, 0.15) is 25.7 Å². The number of hydrogen-bond donors (Lipinski definition) is 1. The SMILES string of the molecule is O=C1CCC(N(CCO)CC(F)F)CC1. The summed E-state index contributed by atoms with van der Waals surface area (Å²) in [5, 5.41) is 8.78. The van der Waals surface area contributed by atoms with Crippen molar-refractivity contribution in [2.24, 2.45) is 0 Å². The molecule has 0 heterocycles. The highest BCUT2D eigenvalue weighted by atomic mass is 19.3. The van der Waals surface area contributed by atoms with E-state index in [9.17, 15) is 13.6 Å². The van der Waals surface area contributed by atoms with Crippen LogP contribution in [0.5, 0.6) is 0 Å². The highest BCUT2D eigenvalue weighted by Gasteiger charge is 2.25. The zero-order valence-corrected chi connectivity index (χ0v) is 8.66. The number of ketones is 1. The zero-order chi connectivity index (χ0) is 11.3. The summed E-state index contributed by atoms with van der Waals surface area (Å²) in [6, 6.07) is 0.0313. The first-order chi connectivity index (χ1) is 7.13. The Bertz CT molecular complexity index is 202. The van der Waals surface area contributed by atoms with Gasteiger partial charge in [0.1, 0.15) is 5.78 Å². The Hall–Kier alpha value is -0.550. The molecule has 1 aliphatic rings. The van der Waals surface area contributed by atoms with Crippen molar-refractivity contribution in [2.45, 2.75) is 38.2 Å². The smallest absolute Gasteiger partial charge is 0.251 e. The van der Waals surface area contributed by atoms with Crippen LogP contribution in [-0.4, -0.2) is 48.0 Å². The molecule has 1 rings (SSSR count). The predicted octanol–water partition coefficient (Wildman–Crippen LogP) is 1.06. The van der Waals surface area contributed by atoms with Crippen LogP contribution in [-0.2, 0) is 4.79 Å². The molecule has 1 aliphatic carbocycles. The fraction of sp³-hybridized carbons (Fsp3) is 0.900. The molecule has 15 heavy (non-hydrogen) atoms. The molecule has 0 aromatic carbocycles. The summed E-state index contributed by atoms with van der Waals surface area (Å²) in [5.74, 6) is 0.215. The average Bonchev–Trinajstić information content (AvgIpc) is 2.17. The van der Waals surface area contributed by atoms with E-state index in [1.807, 2.05) is 0 Å². The molecule has 5 heteroatoms. The Labute approximate surface area is 88.1 Å². The van der Waals surface area contributed by atoms with Crippen molar-refractivity contribution in [1.29, 1.82) is 0 Å². The first-order valence-electron chi connectivity index (χ1n) is 5.28. The largest absolute Gasteiger partial charge is 0.395 e. The normalized spacial score (nSPS) is 19.1. The molecule has 0 aromatic rings. The van der Waals surface area contributed by atoms with Gasteiger partial charge in [0.15, 0.2) is 0 Å². The van der Waals surface area contributed by atoms with Gasteiger partial charge in [0.25, 0.3) is 6.43 Å². The lowest BCUT2D eigenvalue weighted by atomic mass is 9.93. The fourth-order valence-electron chi connectivity index (χ4n) is 2.02. The Kier molecular flexibility index (Phi) is 5.11. The van der Waals surface area contributed by atoms with Crippen molar-refractivity contribution in [3.05, 3.63) is 0 Å². The maximum atomic E-state index is 12.2. The third kappa shape index (κ3) is 4.22. The van der Waals surface area contributed by atoms with Crippen LogP contribution in [0, 0.1) is 0 Å². The Morgan fingerprint density at radius 1 is 1.40 bits per heavy atom. The minimum atomic E-state index is -2.38. The molecule has 0 bridgehead atoms. The maximum absolute atomic E-state index is 12.2. The molecule has 0 amide bonds. The Balaban J connectivity index is 2.44. The molecule has 1 N–H and O–H groups in total. The first kappa shape index (κ1) is 12.5. The van der Waals surface area contributed by atoms with Crippen molar-refractivity contribution in [1.82, 2.24) is 4.90 Å². The number of aliphatic hydroxyl groups is 1. The fourth-order valence-corrected chi connectivity index (χ4v) is 2.02. The quantitative estimate of drug-likeness (QED) is 0.754. The van der Waals surface area contributed by atoms with Crippen LogP contribution in [0.25, 0.3) is 0 Å². The van der Waals surface area contributed by atoms with Crippen LogP contribution in [0.3, 0.4) is 0 Å². The van der Waals surface area contributed by atoms with E-state index >= 15 is 0 Å². The van der Waals surface area contributed by atoms with E-state index in [1.165, 1.54) is 0 Å². The number of aliphatic hydroxyl groups excluding tert-OH is 1. The molecular formula is C10H17F2NO2. The van der Waals surface area contributed by atoms with Gasteiger partial charge >= 0.3 is 0 Å². The van der Waals surface area contributed by atoms with Crippen molar-refractivity contribution >= 4 is 5.78 Å². The molecular weight excluding hydrogens is 204 g/mol. The number of carbonyl (C=O) groups is 1. The number of carbonyl (C=O) groups excluding carboxylic acids is 1. The number of alkyl halides is 2. The van der Waals surface area contributed by atoms with E-state index in [0.29, 0.717) is 25.7 Å². The highest BCUT2D eigenvalue weighted by Crippen LogP contribution is 2.20. The maximum Gasteiger partial charge on any atom is 0.251 e. The molecule has 88 valence electrons. The summed E-state index contributed by atoms with van der Waals surface area (Å²) in [6.45, 7) is -0.153. The Morgan fingerprint density at radius 3 is 2.47 bits per heavy atom. The molecule has 0 radical (unpaired) electrons. The van der Waals surface area contributed by atoms with Gasteiger partial charge in [-0.3, -0.25) is 9.69 Å². The second kappa shape index (κ2) is 6.12. The minimum absolute atomic E-state index is 0.0313. The summed E-state index contributed by atoms with van der Waals surface area (Å²) in [7, 11) is 0. The molecule has 1 saturated carbocycles. The molecule has 0 atom stereocenters. The van der Waals surface area contributed by atoms with Crippen molar-refractivity contribution < 1.29 is 18.7 Å². The summed E-state index contributed by atoms with van der Waals surface area (Å²) < 4.78 is 24.5. The van der Waals surface area contributed by atoms with Gasteiger partial charge in [0.05, 0.1) is 13.2 Å². The molecule has 0 aromatic heterocycles. The van der Waals surface area contributed by atoms with E-state index in [-0.39, 0.29) is 31.5 Å². The van der Waals surface area contributed by atoms with E-state index < -0.39 is 6.43 Å².